The highest BCUT2D eigenvalue weighted by Crippen LogP contribution is 2.46. The second-order valence-electron chi connectivity index (χ2n) is 16.0. The number of benzene rings is 10. The van der Waals surface area contributed by atoms with Gasteiger partial charge in [-0.05, 0) is 111 Å². The number of nitrogens with zero attached hydrogens (tertiary/aromatic N) is 1. The highest BCUT2D eigenvalue weighted by molar-refractivity contribution is 7.25. The zero-order valence-electron chi connectivity index (χ0n) is 34.3. The molecule has 0 aliphatic rings. The lowest BCUT2D eigenvalue weighted by Gasteiger charge is -2.29. The van der Waals surface area contributed by atoms with E-state index in [1.54, 1.807) is 0 Å². The summed E-state index contributed by atoms with van der Waals surface area (Å²) in [5, 5.41) is 4.90. The maximum absolute atomic E-state index is 6.29. The van der Waals surface area contributed by atoms with E-state index >= 15 is 0 Å². The van der Waals surface area contributed by atoms with Crippen molar-refractivity contribution in [2.24, 2.45) is 0 Å². The minimum absolute atomic E-state index is 0.896. The minimum Gasteiger partial charge on any atom is -0.456 e. The van der Waals surface area contributed by atoms with E-state index in [2.05, 4.69) is 229 Å². The number of rotatable bonds is 8. The molecule has 10 aromatic carbocycles. The summed E-state index contributed by atoms with van der Waals surface area (Å²) in [6.07, 6.45) is 0. The second-order valence-corrected chi connectivity index (χ2v) is 17.1. The molecule has 63 heavy (non-hydrogen) atoms. The fourth-order valence-corrected chi connectivity index (χ4v) is 10.4. The van der Waals surface area contributed by atoms with Gasteiger partial charge in [0.1, 0.15) is 11.2 Å². The van der Waals surface area contributed by atoms with Crippen molar-refractivity contribution in [3.8, 4) is 55.6 Å². The van der Waals surface area contributed by atoms with Crippen molar-refractivity contribution in [3.05, 3.63) is 237 Å². The Morgan fingerprint density at radius 2 is 0.762 bits per heavy atom. The van der Waals surface area contributed by atoms with Gasteiger partial charge in [0.15, 0.2) is 0 Å². The summed E-state index contributed by atoms with van der Waals surface area (Å²) in [5.74, 6) is 0. The number of hydrogen-bond donors (Lipinski definition) is 0. The number of anilines is 3. The van der Waals surface area contributed by atoms with Crippen LogP contribution < -0.4 is 4.90 Å². The molecule has 3 heteroatoms. The predicted octanol–water partition coefficient (Wildman–Crippen LogP) is 17.8. The van der Waals surface area contributed by atoms with Gasteiger partial charge in [0.05, 0.1) is 5.69 Å². The summed E-state index contributed by atoms with van der Waals surface area (Å²) in [4.78, 5) is 2.40. The standard InChI is InChI=1S/C60H39NOS/c1-2-14-42(15-3-1)47-16-4-5-17-48(47)49-18-6-7-19-50(49)51-20-8-11-23-56(51)61(45-32-26-40(27-33-45)43-30-36-53-52-21-9-12-24-57(52)62-58(53)38-43)46-34-28-41(29-35-46)44-31-37-55-54-22-10-13-25-59(54)63-60(55)39-44/h1-39H. The van der Waals surface area contributed by atoms with E-state index in [1.807, 2.05) is 23.5 Å². The lowest BCUT2D eigenvalue weighted by atomic mass is 9.88. The Morgan fingerprint density at radius 1 is 0.286 bits per heavy atom. The van der Waals surface area contributed by atoms with Crippen molar-refractivity contribution in [1.29, 1.82) is 0 Å². The molecule has 0 aliphatic carbocycles. The Hall–Kier alpha value is -7.98. The molecule has 0 saturated carbocycles. The van der Waals surface area contributed by atoms with E-state index in [9.17, 15) is 0 Å². The molecule has 0 aliphatic heterocycles. The number of fused-ring (bicyclic) bond motifs is 6. The number of para-hydroxylation sites is 2. The first-order valence-corrected chi connectivity index (χ1v) is 22.2. The Bertz CT molecular complexity index is 3460. The largest absolute Gasteiger partial charge is 0.456 e. The van der Waals surface area contributed by atoms with Crippen LogP contribution in [0.1, 0.15) is 0 Å². The van der Waals surface area contributed by atoms with Crippen LogP contribution in [-0.2, 0) is 0 Å². The zero-order chi connectivity index (χ0) is 41.7. The zero-order valence-corrected chi connectivity index (χ0v) is 35.1. The first-order valence-electron chi connectivity index (χ1n) is 21.4. The first kappa shape index (κ1) is 36.8. The summed E-state index contributed by atoms with van der Waals surface area (Å²) >= 11 is 1.86. The molecule has 296 valence electrons. The third kappa shape index (κ3) is 6.58. The average molecular weight is 822 g/mol. The first-order chi connectivity index (χ1) is 31.2. The van der Waals surface area contributed by atoms with Crippen LogP contribution in [0.5, 0.6) is 0 Å². The molecule has 0 unspecified atom stereocenters. The molecule has 2 aromatic heterocycles. The van der Waals surface area contributed by atoms with Crippen LogP contribution >= 0.6 is 11.3 Å². The van der Waals surface area contributed by atoms with Crippen LogP contribution in [0.2, 0.25) is 0 Å². The molecule has 0 fully saturated rings. The molecule has 0 N–H and O–H groups in total. The highest BCUT2D eigenvalue weighted by atomic mass is 32.1. The third-order valence-electron chi connectivity index (χ3n) is 12.3. The highest BCUT2D eigenvalue weighted by Gasteiger charge is 2.21. The van der Waals surface area contributed by atoms with Gasteiger partial charge in [-0.3, -0.25) is 0 Å². The fraction of sp³-hybridized carbons (Fsp3) is 0. The van der Waals surface area contributed by atoms with Gasteiger partial charge in [0, 0.05) is 47.9 Å². The maximum Gasteiger partial charge on any atom is 0.136 e. The summed E-state index contributed by atoms with van der Waals surface area (Å²) in [6, 6.07) is 85.5. The Labute approximate surface area is 370 Å². The molecule has 0 spiro atoms. The van der Waals surface area contributed by atoms with E-state index in [0.717, 1.165) is 55.7 Å². The summed E-state index contributed by atoms with van der Waals surface area (Å²) in [6.45, 7) is 0. The summed E-state index contributed by atoms with van der Waals surface area (Å²) in [5.41, 5.74) is 16.8. The Balaban J connectivity index is 0.981. The number of thiophene rings is 1. The molecular weight excluding hydrogens is 783 g/mol. The molecule has 2 heterocycles. The molecular formula is C60H39NOS. The Morgan fingerprint density at radius 3 is 1.48 bits per heavy atom. The summed E-state index contributed by atoms with van der Waals surface area (Å²) < 4.78 is 8.92. The van der Waals surface area contributed by atoms with Gasteiger partial charge in [-0.15, -0.1) is 11.3 Å². The van der Waals surface area contributed by atoms with Crippen molar-refractivity contribution < 1.29 is 4.42 Å². The fourth-order valence-electron chi connectivity index (χ4n) is 9.28. The second kappa shape index (κ2) is 15.5. The van der Waals surface area contributed by atoms with E-state index in [0.29, 0.717) is 0 Å². The molecule has 0 saturated heterocycles. The van der Waals surface area contributed by atoms with Gasteiger partial charge in [-0.25, -0.2) is 0 Å². The molecule has 12 aromatic rings. The van der Waals surface area contributed by atoms with Crippen LogP contribution in [0, 0.1) is 0 Å². The lowest BCUT2D eigenvalue weighted by molar-refractivity contribution is 0.669. The SMILES string of the molecule is c1ccc(-c2ccccc2-c2ccccc2-c2ccccc2N(c2ccc(-c3ccc4c(c3)oc3ccccc34)cc2)c2ccc(-c3ccc4c(c3)sc3ccccc34)cc2)cc1. The lowest BCUT2D eigenvalue weighted by Crippen LogP contribution is -2.11. The maximum atomic E-state index is 6.29. The molecule has 12 rings (SSSR count). The van der Waals surface area contributed by atoms with Gasteiger partial charge in [0.2, 0.25) is 0 Å². The number of hydrogen-bond acceptors (Lipinski definition) is 3. The van der Waals surface area contributed by atoms with E-state index < -0.39 is 0 Å². The average Bonchev–Trinajstić information content (AvgIpc) is 3.93. The molecule has 0 amide bonds. The van der Waals surface area contributed by atoms with E-state index in [1.165, 1.54) is 59.1 Å². The predicted molar refractivity (Wildman–Crippen MR) is 268 cm³/mol. The van der Waals surface area contributed by atoms with Crippen LogP contribution in [-0.4, -0.2) is 0 Å². The Kier molecular flexibility index (Phi) is 9.06. The van der Waals surface area contributed by atoms with Crippen LogP contribution in [0.25, 0.3) is 97.7 Å². The summed E-state index contributed by atoms with van der Waals surface area (Å²) in [7, 11) is 0. The quantitative estimate of drug-likeness (QED) is 0.152. The van der Waals surface area contributed by atoms with Gasteiger partial charge in [0.25, 0.3) is 0 Å². The molecule has 2 nitrogen and oxygen atoms in total. The van der Waals surface area contributed by atoms with E-state index in [4.69, 9.17) is 4.42 Å². The van der Waals surface area contributed by atoms with Crippen LogP contribution in [0.15, 0.2) is 241 Å². The van der Waals surface area contributed by atoms with Crippen LogP contribution in [0.4, 0.5) is 17.1 Å². The van der Waals surface area contributed by atoms with Gasteiger partial charge in [-0.1, -0.05) is 176 Å². The van der Waals surface area contributed by atoms with Gasteiger partial charge < -0.3 is 9.32 Å². The van der Waals surface area contributed by atoms with Crippen LogP contribution in [0.3, 0.4) is 0 Å². The third-order valence-corrected chi connectivity index (χ3v) is 13.5. The topological polar surface area (TPSA) is 16.4 Å². The molecule has 0 atom stereocenters. The van der Waals surface area contributed by atoms with E-state index in [-0.39, 0.29) is 0 Å². The molecule has 0 bridgehead atoms. The molecule has 0 radical (unpaired) electrons. The van der Waals surface area contributed by atoms with Gasteiger partial charge >= 0.3 is 0 Å². The van der Waals surface area contributed by atoms with Crippen molar-refractivity contribution >= 4 is 70.5 Å². The van der Waals surface area contributed by atoms with Crippen molar-refractivity contribution in [2.75, 3.05) is 4.90 Å². The number of furan rings is 1. The minimum atomic E-state index is 0.896. The van der Waals surface area contributed by atoms with Crippen molar-refractivity contribution in [1.82, 2.24) is 0 Å². The monoisotopic (exact) mass is 821 g/mol. The smallest absolute Gasteiger partial charge is 0.136 e. The van der Waals surface area contributed by atoms with Crippen molar-refractivity contribution in [2.45, 2.75) is 0 Å². The normalized spacial score (nSPS) is 11.5. The van der Waals surface area contributed by atoms with Gasteiger partial charge in [-0.2, -0.15) is 0 Å². The van der Waals surface area contributed by atoms with Crippen molar-refractivity contribution in [3.63, 3.8) is 0 Å².